The van der Waals surface area contributed by atoms with Gasteiger partial charge in [0.05, 0.1) is 11.8 Å². The zero-order valence-corrected chi connectivity index (χ0v) is 16.2. The van der Waals surface area contributed by atoms with E-state index in [9.17, 15) is 14.4 Å². The first-order chi connectivity index (χ1) is 13.9. The summed E-state index contributed by atoms with van der Waals surface area (Å²) in [5.74, 6) is -1.47. The minimum absolute atomic E-state index is 0.149. The first kappa shape index (κ1) is 20.2. The number of carbonyl (C=O) groups excluding carboxylic acids is 3. The topological polar surface area (TPSA) is 97.6 Å². The van der Waals surface area contributed by atoms with Gasteiger partial charge in [0.2, 0.25) is 0 Å². The molecule has 0 saturated carbocycles. The number of nitrogens with one attached hydrogen (secondary N) is 2. The second-order valence-electron chi connectivity index (χ2n) is 6.09. The van der Waals surface area contributed by atoms with E-state index in [1.165, 1.54) is 18.4 Å². The summed E-state index contributed by atoms with van der Waals surface area (Å²) in [6, 6.07) is 14.4. The maximum Gasteiger partial charge on any atom is 0.338 e. The number of furan rings is 1. The Labute approximate surface area is 171 Å². The van der Waals surface area contributed by atoms with E-state index in [-0.39, 0.29) is 11.3 Å². The fourth-order valence-electron chi connectivity index (χ4n) is 2.42. The van der Waals surface area contributed by atoms with Gasteiger partial charge in [0, 0.05) is 16.4 Å². The van der Waals surface area contributed by atoms with Crippen LogP contribution in [0.25, 0.3) is 0 Å². The van der Waals surface area contributed by atoms with Crippen molar-refractivity contribution in [1.29, 1.82) is 0 Å². The number of carbonyl (C=O) groups is 3. The lowest BCUT2D eigenvalue weighted by atomic mass is 10.1. The quantitative estimate of drug-likeness (QED) is 0.588. The number of hydrogen-bond donors (Lipinski definition) is 2. The number of halogens is 1. The number of ether oxygens (including phenoxy) is 1. The van der Waals surface area contributed by atoms with Crippen LogP contribution in [-0.4, -0.2) is 24.4 Å². The third-order valence-electron chi connectivity index (χ3n) is 3.93. The normalized spacial score (nSPS) is 10.3. The zero-order chi connectivity index (χ0) is 20.8. The van der Waals surface area contributed by atoms with Crippen molar-refractivity contribution in [3.05, 3.63) is 82.8 Å². The van der Waals surface area contributed by atoms with E-state index >= 15 is 0 Å². The van der Waals surface area contributed by atoms with Gasteiger partial charge in [-0.3, -0.25) is 9.59 Å². The van der Waals surface area contributed by atoms with E-state index in [4.69, 9.17) is 20.8 Å². The lowest BCUT2D eigenvalue weighted by molar-refractivity contribution is -0.119. The maximum absolute atomic E-state index is 12.3. The molecular formula is C21H17ClN2O5. The molecule has 0 aliphatic carbocycles. The molecular weight excluding hydrogens is 396 g/mol. The summed E-state index contributed by atoms with van der Waals surface area (Å²) in [5.41, 5.74) is 1.92. The second kappa shape index (κ2) is 9.07. The van der Waals surface area contributed by atoms with Gasteiger partial charge in [-0.15, -0.1) is 0 Å². The van der Waals surface area contributed by atoms with Crippen molar-refractivity contribution in [1.82, 2.24) is 0 Å². The molecule has 1 aromatic heterocycles. The summed E-state index contributed by atoms with van der Waals surface area (Å²) >= 11 is 5.79. The third-order valence-corrected chi connectivity index (χ3v) is 4.18. The van der Waals surface area contributed by atoms with E-state index in [1.54, 1.807) is 49.4 Å². The van der Waals surface area contributed by atoms with Crippen molar-refractivity contribution in [3.8, 4) is 0 Å². The Bertz CT molecular complexity index is 1030. The average molecular weight is 413 g/mol. The summed E-state index contributed by atoms with van der Waals surface area (Å²) < 4.78 is 10.1. The van der Waals surface area contributed by atoms with Crippen LogP contribution in [0.3, 0.4) is 0 Å². The number of rotatable bonds is 6. The molecule has 0 fully saturated rings. The second-order valence-corrected chi connectivity index (χ2v) is 6.53. The van der Waals surface area contributed by atoms with Crippen LogP contribution in [0.1, 0.15) is 26.5 Å². The molecule has 7 nitrogen and oxygen atoms in total. The molecule has 0 aliphatic heterocycles. The summed E-state index contributed by atoms with van der Waals surface area (Å²) in [5, 5.41) is 5.82. The predicted octanol–water partition coefficient (Wildman–Crippen LogP) is 4.29. The van der Waals surface area contributed by atoms with Crippen LogP contribution in [0.4, 0.5) is 11.4 Å². The Kier molecular flexibility index (Phi) is 6.31. The van der Waals surface area contributed by atoms with Crippen LogP contribution in [0.15, 0.2) is 65.3 Å². The molecule has 1 heterocycles. The fraction of sp³-hybridized carbons (Fsp3) is 0.0952. The molecule has 0 saturated heterocycles. The molecule has 2 amide bonds. The van der Waals surface area contributed by atoms with E-state index < -0.39 is 24.4 Å². The predicted molar refractivity (Wildman–Crippen MR) is 108 cm³/mol. The Balaban J connectivity index is 1.59. The highest BCUT2D eigenvalue weighted by Gasteiger charge is 2.15. The van der Waals surface area contributed by atoms with Crippen molar-refractivity contribution in [2.75, 3.05) is 17.2 Å². The van der Waals surface area contributed by atoms with Crippen molar-refractivity contribution in [3.63, 3.8) is 0 Å². The summed E-state index contributed by atoms with van der Waals surface area (Å²) in [6.45, 7) is 1.33. The van der Waals surface area contributed by atoms with E-state index in [0.717, 1.165) is 5.56 Å². The van der Waals surface area contributed by atoms with Crippen molar-refractivity contribution in [2.24, 2.45) is 0 Å². The van der Waals surface area contributed by atoms with Gasteiger partial charge in [0.1, 0.15) is 0 Å². The van der Waals surface area contributed by atoms with Gasteiger partial charge in [0.15, 0.2) is 12.4 Å². The number of benzene rings is 2. The highest BCUT2D eigenvalue weighted by atomic mass is 35.5. The molecule has 2 N–H and O–H groups in total. The molecule has 3 aromatic rings. The van der Waals surface area contributed by atoms with Gasteiger partial charge >= 0.3 is 5.97 Å². The highest BCUT2D eigenvalue weighted by molar-refractivity contribution is 6.30. The van der Waals surface area contributed by atoms with Crippen LogP contribution in [0.2, 0.25) is 5.02 Å². The molecule has 0 spiro atoms. The number of amides is 2. The molecule has 2 aromatic carbocycles. The largest absolute Gasteiger partial charge is 0.459 e. The molecule has 29 heavy (non-hydrogen) atoms. The fourth-order valence-corrected chi connectivity index (χ4v) is 2.55. The Morgan fingerprint density at radius 1 is 1.03 bits per heavy atom. The lowest BCUT2D eigenvalue weighted by Gasteiger charge is -2.10. The minimum Gasteiger partial charge on any atom is -0.459 e. The number of hydrogen-bond acceptors (Lipinski definition) is 5. The van der Waals surface area contributed by atoms with E-state index in [2.05, 4.69) is 10.6 Å². The molecule has 3 rings (SSSR count). The zero-order valence-electron chi connectivity index (χ0n) is 15.4. The molecule has 8 heteroatoms. The molecule has 0 radical (unpaired) electrons. The SMILES string of the molecule is Cc1ccc(C(=O)OCC(=O)Nc2ccc(Cl)cc2)cc1NC(=O)c1ccco1. The summed E-state index contributed by atoms with van der Waals surface area (Å²) in [7, 11) is 0. The highest BCUT2D eigenvalue weighted by Crippen LogP contribution is 2.19. The Morgan fingerprint density at radius 2 is 1.79 bits per heavy atom. The summed E-state index contributed by atoms with van der Waals surface area (Å²) in [4.78, 5) is 36.4. The van der Waals surface area contributed by atoms with Gasteiger partial charge in [-0.25, -0.2) is 4.79 Å². The molecule has 0 unspecified atom stereocenters. The van der Waals surface area contributed by atoms with E-state index in [1.807, 2.05) is 0 Å². The lowest BCUT2D eigenvalue weighted by Crippen LogP contribution is -2.21. The van der Waals surface area contributed by atoms with Crippen LogP contribution in [0, 0.1) is 6.92 Å². The molecule has 148 valence electrons. The van der Waals surface area contributed by atoms with Crippen LogP contribution in [0.5, 0.6) is 0 Å². The first-order valence-electron chi connectivity index (χ1n) is 8.60. The first-order valence-corrected chi connectivity index (χ1v) is 8.98. The van der Waals surface area contributed by atoms with Crippen molar-refractivity contribution >= 4 is 40.8 Å². The van der Waals surface area contributed by atoms with Crippen LogP contribution in [-0.2, 0) is 9.53 Å². The minimum atomic E-state index is -0.690. The molecule has 0 atom stereocenters. The Morgan fingerprint density at radius 3 is 2.48 bits per heavy atom. The standard InChI is InChI=1S/C21H17ClN2O5/c1-13-4-5-14(11-17(13)24-20(26)18-3-2-10-28-18)21(27)29-12-19(25)23-16-8-6-15(22)7-9-16/h2-11H,12H2,1H3,(H,23,25)(H,24,26). The van der Waals surface area contributed by atoms with Gasteiger partial charge in [-0.2, -0.15) is 0 Å². The van der Waals surface area contributed by atoms with Crippen molar-refractivity contribution in [2.45, 2.75) is 6.92 Å². The van der Waals surface area contributed by atoms with Gasteiger partial charge < -0.3 is 19.8 Å². The average Bonchev–Trinajstić information content (AvgIpc) is 3.24. The number of anilines is 2. The van der Waals surface area contributed by atoms with Crippen LogP contribution < -0.4 is 10.6 Å². The summed E-state index contributed by atoms with van der Waals surface area (Å²) in [6.07, 6.45) is 1.39. The maximum atomic E-state index is 12.3. The van der Waals surface area contributed by atoms with Crippen LogP contribution >= 0.6 is 11.6 Å². The third kappa shape index (κ3) is 5.46. The van der Waals surface area contributed by atoms with Gasteiger partial charge in [0.25, 0.3) is 11.8 Å². The van der Waals surface area contributed by atoms with Gasteiger partial charge in [-0.05, 0) is 61.0 Å². The smallest absolute Gasteiger partial charge is 0.338 e. The monoisotopic (exact) mass is 412 g/mol. The van der Waals surface area contributed by atoms with E-state index in [0.29, 0.717) is 16.4 Å². The Hall–Kier alpha value is -3.58. The van der Waals surface area contributed by atoms with Gasteiger partial charge in [-0.1, -0.05) is 17.7 Å². The number of aryl methyl sites for hydroxylation is 1. The number of esters is 1. The molecule has 0 aliphatic rings. The van der Waals surface area contributed by atoms with Crippen molar-refractivity contribution < 1.29 is 23.5 Å². The molecule has 0 bridgehead atoms.